The summed E-state index contributed by atoms with van der Waals surface area (Å²) in [5, 5.41) is 0. The summed E-state index contributed by atoms with van der Waals surface area (Å²) in [7, 11) is 0. The van der Waals surface area contributed by atoms with Gasteiger partial charge in [-0.05, 0) is 0 Å². The minimum atomic E-state index is -5.52. The number of hydrogen-bond acceptors (Lipinski definition) is 2. The van der Waals surface area contributed by atoms with Gasteiger partial charge < -0.3 is 0 Å². The summed E-state index contributed by atoms with van der Waals surface area (Å²) < 4.78 is 32.0. The van der Waals surface area contributed by atoms with E-state index in [1.54, 1.807) is 0 Å². The zero-order valence-corrected chi connectivity index (χ0v) is 12.3. The topological polar surface area (TPSA) is 74.6 Å². The molecule has 8 heavy (non-hydrogen) atoms. The number of hydrogen-bond donors (Lipinski definition) is 2. The van der Waals surface area contributed by atoms with E-state index in [0.29, 0.717) is 0 Å². The largest absolute Gasteiger partial charge is 0 e. The predicted octanol–water partition coefficient (Wildman–Crippen LogP) is -2.38. The first-order valence-corrected chi connectivity index (χ1v) is 4.69. The van der Waals surface area contributed by atoms with Crippen molar-refractivity contribution in [3.8, 4) is 0 Å². The van der Waals surface area contributed by atoms with Crippen LogP contribution in [-0.2, 0) is 25.7 Å². The molecule has 0 saturated heterocycles. The van der Waals surface area contributed by atoms with Gasteiger partial charge in [0.1, 0.15) is 0 Å². The van der Waals surface area contributed by atoms with Gasteiger partial charge in [-0.25, -0.2) is 0 Å². The summed E-state index contributed by atoms with van der Waals surface area (Å²) in [6.45, 7) is 0. The van der Waals surface area contributed by atoms with Gasteiger partial charge in [0.05, 0.1) is 0 Å². The molecular weight excluding hydrogens is 419 g/mol. The fourth-order valence-corrected chi connectivity index (χ4v) is 0. The molecule has 0 bridgehead atoms. The Hall–Kier alpha value is 3.13. The van der Waals surface area contributed by atoms with E-state index in [1.807, 2.05) is 0 Å². The van der Waals surface area contributed by atoms with E-state index in [1.165, 1.54) is 0 Å². The molecular formula is H3LaNaO4TeZn. The monoisotopic (exact) mass is 423 g/mol. The first-order chi connectivity index (χ1) is 2.00. The first kappa shape index (κ1) is 22.5. The molecule has 0 atom stereocenters. The molecule has 0 aliphatic rings. The molecule has 0 rings (SSSR count). The molecule has 0 spiro atoms. The van der Waals surface area contributed by atoms with Crippen molar-refractivity contribution in [1.82, 2.24) is 0 Å². The van der Waals surface area contributed by atoms with Gasteiger partial charge in [-0.1, -0.05) is 0 Å². The van der Waals surface area contributed by atoms with Crippen molar-refractivity contribution in [1.29, 1.82) is 0 Å². The fraction of sp³-hybridized carbons (Fsp3) is 0. The molecule has 0 unspecified atom stereocenters. The molecule has 0 aromatic rings. The summed E-state index contributed by atoms with van der Waals surface area (Å²) in [5.41, 5.74) is 0. The molecule has 0 aromatic carbocycles. The van der Waals surface area contributed by atoms with Crippen LogP contribution in [0.1, 0.15) is 0 Å². The molecule has 0 heterocycles. The van der Waals surface area contributed by atoms with Gasteiger partial charge in [-0.3, -0.25) is 0 Å². The van der Waals surface area contributed by atoms with E-state index >= 15 is 0 Å². The Labute approximate surface area is 114 Å². The molecule has 0 saturated carbocycles. The quantitative estimate of drug-likeness (QED) is 0.428. The zero-order valence-electron chi connectivity index (χ0n) is 3.40. The van der Waals surface area contributed by atoms with Crippen molar-refractivity contribution in [2.24, 2.45) is 0 Å². The Morgan fingerprint density at radius 3 is 1.12 bits per heavy atom. The van der Waals surface area contributed by atoms with Gasteiger partial charge in [-0.15, -0.1) is 0 Å². The van der Waals surface area contributed by atoms with Crippen LogP contribution in [0.25, 0.3) is 0 Å². The summed E-state index contributed by atoms with van der Waals surface area (Å²) in [6.07, 6.45) is 0. The molecule has 4 nitrogen and oxygen atoms in total. The van der Waals surface area contributed by atoms with Gasteiger partial charge in [0.25, 0.3) is 0 Å². The van der Waals surface area contributed by atoms with Crippen LogP contribution in [0.15, 0.2) is 0 Å². The van der Waals surface area contributed by atoms with Crippen LogP contribution in [0.5, 0.6) is 0 Å². The van der Waals surface area contributed by atoms with Gasteiger partial charge in [-0.2, -0.15) is 0 Å². The average molecular weight is 422 g/mol. The third-order valence-corrected chi connectivity index (χ3v) is 0. The SMILES string of the molecule is O=[Te](=O)(O)O.[La].[NaH].[Zn]. The predicted molar refractivity (Wildman–Crippen MR) is 18.7 cm³/mol. The van der Waals surface area contributed by atoms with Gasteiger partial charge in [0, 0.05) is 55.1 Å². The standard InChI is InChI=1S/La.Na.H2O4Te.Zn.H/c;;1-5(2,3)4;;/h;;(H2,1,2,3,4);;. The molecule has 0 aromatic heterocycles. The third-order valence-electron chi connectivity index (χ3n) is 0. The summed E-state index contributed by atoms with van der Waals surface area (Å²) in [6, 6.07) is 0. The van der Waals surface area contributed by atoms with E-state index in [2.05, 4.69) is 0 Å². The van der Waals surface area contributed by atoms with Crippen LogP contribution >= 0.6 is 0 Å². The molecule has 0 amide bonds. The Kier molecular flexibility index (Phi) is 28.4. The summed E-state index contributed by atoms with van der Waals surface area (Å²) in [4.78, 5) is 0. The second kappa shape index (κ2) is 10.1. The maximum absolute atomic E-state index is 8.85. The van der Waals surface area contributed by atoms with Crippen LogP contribution in [-0.4, -0.2) is 55.5 Å². The first-order valence-electron chi connectivity index (χ1n) is 0.698. The van der Waals surface area contributed by atoms with E-state index in [4.69, 9.17) is 13.2 Å². The Balaban J connectivity index is -0.0000000267. The van der Waals surface area contributed by atoms with Crippen LogP contribution in [0.3, 0.4) is 0 Å². The van der Waals surface area contributed by atoms with E-state index in [9.17, 15) is 0 Å². The maximum atomic E-state index is 8.85. The Morgan fingerprint density at radius 1 is 1.12 bits per heavy atom. The van der Waals surface area contributed by atoms with E-state index < -0.39 is 19.0 Å². The molecule has 8 heteroatoms. The summed E-state index contributed by atoms with van der Waals surface area (Å²) >= 11 is -5.52. The van der Waals surface area contributed by atoms with Crippen molar-refractivity contribution in [3.05, 3.63) is 0 Å². The zero-order chi connectivity index (χ0) is 4.50. The van der Waals surface area contributed by atoms with Crippen LogP contribution in [0.2, 0.25) is 0 Å². The van der Waals surface area contributed by atoms with Crippen LogP contribution < -0.4 is 0 Å². The number of rotatable bonds is 0. The van der Waals surface area contributed by atoms with Crippen LogP contribution in [0, 0.1) is 35.6 Å². The van der Waals surface area contributed by atoms with Crippen molar-refractivity contribution in [3.63, 3.8) is 0 Å². The fourth-order valence-electron chi connectivity index (χ4n) is 0. The molecule has 39 valence electrons. The Bertz CT molecular complexity index is 99.2. The molecule has 0 aliphatic heterocycles. The van der Waals surface area contributed by atoms with Crippen molar-refractivity contribution in [2.45, 2.75) is 0 Å². The van der Waals surface area contributed by atoms with E-state index in [-0.39, 0.29) is 84.6 Å². The Morgan fingerprint density at radius 2 is 1.12 bits per heavy atom. The van der Waals surface area contributed by atoms with Gasteiger partial charge in [0.15, 0.2) is 0 Å². The van der Waals surface area contributed by atoms with E-state index in [0.717, 1.165) is 0 Å². The minimum Gasteiger partial charge on any atom is 0 e. The molecule has 2 N–H and O–H groups in total. The second-order valence-electron chi connectivity index (χ2n) is 0.448. The summed E-state index contributed by atoms with van der Waals surface area (Å²) in [5.74, 6) is 0. The van der Waals surface area contributed by atoms with Crippen molar-refractivity contribution >= 4 is 48.5 Å². The second-order valence-corrected chi connectivity index (χ2v) is 3.00. The van der Waals surface area contributed by atoms with Crippen molar-refractivity contribution < 1.29 is 68.2 Å². The van der Waals surface area contributed by atoms with Crippen LogP contribution in [0.4, 0.5) is 0 Å². The average Bonchev–Trinajstić information content (AvgIpc) is 0.722. The van der Waals surface area contributed by atoms with Gasteiger partial charge >= 0.3 is 61.7 Å². The minimum absolute atomic E-state index is 0. The third kappa shape index (κ3) is 61.6. The molecule has 0 fully saturated rings. The van der Waals surface area contributed by atoms with Crippen molar-refractivity contribution in [2.75, 3.05) is 0 Å². The van der Waals surface area contributed by atoms with Gasteiger partial charge in [0.2, 0.25) is 0 Å². The molecule has 0 aliphatic carbocycles. The normalized spacial score (nSPS) is 7.25. The molecule has 1 radical (unpaired) electrons. The smallest absolute Gasteiger partial charge is 0 e. The maximum Gasteiger partial charge on any atom is 0 e.